The number of anilines is 1. The van der Waals surface area contributed by atoms with E-state index in [1.165, 1.54) is 0 Å². The zero-order chi connectivity index (χ0) is 18.4. The molecule has 0 aliphatic carbocycles. The van der Waals surface area contributed by atoms with Crippen LogP contribution in [0, 0.1) is 0 Å². The third-order valence-corrected chi connectivity index (χ3v) is 6.07. The van der Waals surface area contributed by atoms with Crippen LogP contribution in [0.1, 0.15) is 24.8 Å². The highest BCUT2D eigenvalue weighted by Gasteiger charge is 2.34. The standard InChI is InChI=1S/C16H20N2O6S/c19-14(17-10-15(20)21)9-11-4-6-12(7-5-11)18-16(22)13-3-1-2-8-25(13,23)24/h4-7,13H,1-3,8-10H2,(H,17,19)(H,18,22)(H,20,21). The second kappa shape index (κ2) is 8.11. The van der Waals surface area contributed by atoms with Gasteiger partial charge < -0.3 is 15.7 Å². The van der Waals surface area contributed by atoms with Crippen LogP contribution in [0.5, 0.6) is 0 Å². The summed E-state index contributed by atoms with van der Waals surface area (Å²) >= 11 is 0. The molecule has 1 unspecified atom stereocenters. The summed E-state index contributed by atoms with van der Waals surface area (Å²) < 4.78 is 23.9. The fraction of sp³-hybridized carbons (Fsp3) is 0.438. The normalized spacial score (nSPS) is 19.0. The van der Waals surface area contributed by atoms with Gasteiger partial charge in [0.15, 0.2) is 9.84 Å². The van der Waals surface area contributed by atoms with Crippen LogP contribution < -0.4 is 10.6 Å². The summed E-state index contributed by atoms with van der Waals surface area (Å²) in [7, 11) is -3.39. The Kier molecular flexibility index (Phi) is 6.13. The van der Waals surface area contributed by atoms with Crippen molar-refractivity contribution in [3.8, 4) is 0 Å². The first-order valence-electron chi connectivity index (χ1n) is 7.88. The van der Waals surface area contributed by atoms with E-state index in [1.54, 1.807) is 24.3 Å². The van der Waals surface area contributed by atoms with Gasteiger partial charge in [-0.1, -0.05) is 18.6 Å². The number of benzene rings is 1. The first kappa shape index (κ1) is 18.9. The summed E-state index contributed by atoms with van der Waals surface area (Å²) in [5.41, 5.74) is 1.09. The quantitative estimate of drug-likeness (QED) is 0.664. The van der Waals surface area contributed by atoms with Crippen molar-refractivity contribution in [3.05, 3.63) is 29.8 Å². The summed E-state index contributed by atoms with van der Waals surface area (Å²) in [6.45, 7) is -0.442. The SMILES string of the molecule is O=C(O)CNC(=O)Cc1ccc(NC(=O)C2CCCCS2(=O)=O)cc1. The molecule has 8 nitrogen and oxygen atoms in total. The molecule has 136 valence electrons. The molecule has 2 amide bonds. The topological polar surface area (TPSA) is 130 Å². The first-order valence-corrected chi connectivity index (χ1v) is 9.59. The fourth-order valence-electron chi connectivity index (χ4n) is 2.60. The molecule has 1 aliphatic rings. The van der Waals surface area contributed by atoms with Gasteiger partial charge >= 0.3 is 5.97 Å². The molecular weight excluding hydrogens is 348 g/mol. The second-order valence-electron chi connectivity index (χ2n) is 5.88. The third-order valence-electron chi connectivity index (χ3n) is 3.89. The molecule has 0 bridgehead atoms. The van der Waals surface area contributed by atoms with Crippen molar-refractivity contribution in [1.29, 1.82) is 0 Å². The van der Waals surface area contributed by atoms with E-state index in [9.17, 15) is 22.8 Å². The largest absolute Gasteiger partial charge is 0.480 e. The highest BCUT2D eigenvalue weighted by molar-refractivity contribution is 7.92. The highest BCUT2D eigenvalue weighted by atomic mass is 32.2. The van der Waals surface area contributed by atoms with Crippen LogP contribution in [-0.4, -0.2) is 48.9 Å². The number of rotatable bonds is 6. The van der Waals surface area contributed by atoms with Crippen molar-refractivity contribution >= 4 is 33.3 Å². The molecule has 0 aromatic heterocycles. The number of hydrogen-bond acceptors (Lipinski definition) is 5. The molecular formula is C16H20N2O6S. The smallest absolute Gasteiger partial charge is 0.322 e. The molecule has 1 saturated heterocycles. The lowest BCUT2D eigenvalue weighted by atomic mass is 10.1. The van der Waals surface area contributed by atoms with Crippen molar-refractivity contribution in [2.75, 3.05) is 17.6 Å². The fourth-order valence-corrected chi connectivity index (χ4v) is 4.40. The maximum Gasteiger partial charge on any atom is 0.322 e. The lowest BCUT2D eigenvalue weighted by molar-refractivity contribution is -0.137. The number of hydrogen-bond donors (Lipinski definition) is 3. The van der Waals surface area contributed by atoms with E-state index < -0.39 is 39.4 Å². The zero-order valence-corrected chi connectivity index (χ0v) is 14.3. The number of aliphatic carboxylic acids is 1. The van der Waals surface area contributed by atoms with Crippen LogP contribution >= 0.6 is 0 Å². The highest BCUT2D eigenvalue weighted by Crippen LogP contribution is 2.21. The number of carbonyl (C=O) groups is 3. The van der Waals surface area contributed by atoms with Gasteiger partial charge in [0.05, 0.1) is 12.2 Å². The molecule has 2 rings (SSSR count). The maximum absolute atomic E-state index is 12.2. The molecule has 1 heterocycles. The average Bonchev–Trinajstić information content (AvgIpc) is 2.54. The van der Waals surface area contributed by atoms with Gasteiger partial charge in [-0.15, -0.1) is 0 Å². The Bertz CT molecular complexity index is 757. The number of nitrogens with one attached hydrogen (secondary N) is 2. The van der Waals surface area contributed by atoms with Crippen LogP contribution in [0.15, 0.2) is 24.3 Å². The maximum atomic E-state index is 12.2. The predicted octanol–water partition coefficient (Wildman–Crippen LogP) is 0.336. The first-order chi connectivity index (χ1) is 11.8. The van der Waals surface area contributed by atoms with Crippen LogP contribution in [0.4, 0.5) is 5.69 Å². The molecule has 0 radical (unpaired) electrons. The van der Waals surface area contributed by atoms with Crippen LogP contribution in [0.25, 0.3) is 0 Å². The minimum absolute atomic E-state index is 0.0124. The summed E-state index contributed by atoms with van der Waals surface area (Å²) in [4.78, 5) is 34.1. The summed E-state index contributed by atoms with van der Waals surface area (Å²) in [5, 5.41) is 12.3. The van der Waals surface area contributed by atoms with E-state index >= 15 is 0 Å². The molecule has 1 atom stereocenters. The van der Waals surface area contributed by atoms with E-state index in [2.05, 4.69) is 10.6 Å². The predicted molar refractivity (Wildman–Crippen MR) is 90.8 cm³/mol. The molecule has 0 spiro atoms. The minimum atomic E-state index is -3.39. The molecule has 1 fully saturated rings. The molecule has 25 heavy (non-hydrogen) atoms. The van der Waals surface area contributed by atoms with Crippen molar-refractivity contribution in [1.82, 2.24) is 5.32 Å². The zero-order valence-electron chi connectivity index (χ0n) is 13.5. The van der Waals surface area contributed by atoms with Crippen LogP contribution in [0.3, 0.4) is 0 Å². The summed E-state index contributed by atoms with van der Waals surface area (Å²) in [6, 6.07) is 6.39. The van der Waals surface area contributed by atoms with Gasteiger partial charge in [0, 0.05) is 5.69 Å². The van der Waals surface area contributed by atoms with Gasteiger partial charge in [0.1, 0.15) is 11.8 Å². The molecule has 1 aromatic carbocycles. The Hall–Kier alpha value is -2.42. The van der Waals surface area contributed by atoms with E-state index in [0.29, 0.717) is 30.5 Å². The Morgan fingerprint density at radius 1 is 1.12 bits per heavy atom. The molecule has 1 aromatic rings. The van der Waals surface area contributed by atoms with Gasteiger partial charge in [0.25, 0.3) is 0 Å². The van der Waals surface area contributed by atoms with E-state index in [4.69, 9.17) is 5.11 Å². The van der Waals surface area contributed by atoms with Crippen LogP contribution in [-0.2, 0) is 30.6 Å². The Morgan fingerprint density at radius 3 is 2.40 bits per heavy atom. The molecule has 1 aliphatic heterocycles. The lowest BCUT2D eigenvalue weighted by Gasteiger charge is -2.21. The van der Waals surface area contributed by atoms with Crippen molar-refractivity contribution < 1.29 is 27.9 Å². The number of carbonyl (C=O) groups excluding carboxylic acids is 2. The van der Waals surface area contributed by atoms with E-state index in [1.807, 2.05) is 0 Å². The van der Waals surface area contributed by atoms with E-state index in [-0.39, 0.29) is 12.2 Å². The van der Waals surface area contributed by atoms with Crippen molar-refractivity contribution in [2.45, 2.75) is 30.9 Å². The number of carboxylic acids is 1. The molecule has 0 saturated carbocycles. The Morgan fingerprint density at radius 2 is 1.80 bits per heavy atom. The number of amides is 2. The number of sulfone groups is 1. The van der Waals surface area contributed by atoms with Gasteiger partial charge in [0.2, 0.25) is 11.8 Å². The molecule has 3 N–H and O–H groups in total. The Labute approximate surface area is 145 Å². The summed E-state index contributed by atoms with van der Waals surface area (Å²) in [6.07, 6.45) is 1.64. The minimum Gasteiger partial charge on any atom is -0.480 e. The monoisotopic (exact) mass is 368 g/mol. The number of carboxylic acid groups (broad SMARTS) is 1. The van der Waals surface area contributed by atoms with Gasteiger partial charge in [-0.25, -0.2) is 8.42 Å². The Balaban J connectivity index is 1.92. The van der Waals surface area contributed by atoms with Crippen molar-refractivity contribution in [2.24, 2.45) is 0 Å². The van der Waals surface area contributed by atoms with Gasteiger partial charge in [-0.2, -0.15) is 0 Å². The van der Waals surface area contributed by atoms with Gasteiger partial charge in [-0.3, -0.25) is 14.4 Å². The van der Waals surface area contributed by atoms with Crippen LogP contribution in [0.2, 0.25) is 0 Å². The third kappa shape index (κ3) is 5.56. The second-order valence-corrected chi connectivity index (χ2v) is 8.19. The van der Waals surface area contributed by atoms with Gasteiger partial charge in [-0.05, 0) is 30.5 Å². The van der Waals surface area contributed by atoms with E-state index in [0.717, 1.165) is 0 Å². The summed E-state index contributed by atoms with van der Waals surface area (Å²) in [5.74, 6) is -2.04. The average molecular weight is 368 g/mol. The molecule has 9 heteroatoms. The lowest BCUT2D eigenvalue weighted by Crippen LogP contribution is -2.39. The van der Waals surface area contributed by atoms with Crippen molar-refractivity contribution in [3.63, 3.8) is 0 Å².